The lowest BCUT2D eigenvalue weighted by Crippen LogP contribution is -2.24. The molecule has 0 saturated carbocycles. The van der Waals surface area contributed by atoms with E-state index in [2.05, 4.69) is 115 Å². The Morgan fingerprint density at radius 3 is 1.69 bits per heavy atom. The SMILES string of the molecule is O=c1ccc2c(-c3ccc4ccccc4c3)cc(-c3ccc4ccccc4c3)c3c2n1Cc1nc2cc4ccccc4cc2nc1CO3. The van der Waals surface area contributed by atoms with Gasteiger partial charge < -0.3 is 4.74 Å². The van der Waals surface area contributed by atoms with Crippen LogP contribution in [0.3, 0.4) is 0 Å². The molecule has 0 aliphatic carbocycles. The highest BCUT2D eigenvalue weighted by molar-refractivity contribution is 6.05. The van der Waals surface area contributed by atoms with Crippen molar-refractivity contribution in [3.05, 3.63) is 161 Å². The molecule has 0 radical (unpaired) electrons. The molecule has 2 aromatic heterocycles. The van der Waals surface area contributed by atoms with E-state index in [0.717, 1.165) is 77.1 Å². The molecule has 0 amide bonds. The molecule has 0 atom stereocenters. The predicted octanol–water partition coefficient (Wildman–Crippen LogP) is 9.68. The molecular formula is C43H27N3O2. The van der Waals surface area contributed by atoms with E-state index in [4.69, 9.17) is 14.7 Å². The van der Waals surface area contributed by atoms with Crippen molar-refractivity contribution in [3.63, 3.8) is 0 Å². The van der Waals surface area contributed by atoms with Crippen LogP contribution in [0.15, 0.2) is 144 Å². The molecule has 5 nitrogen and oxygen atoms in total. The quantitative estimate of drug-likeness (QED) is 0.181. The molecule has 5 heteroatoms. The number of hydrogen-bond acceptors (Lipinski definition) is 4. The zero-order valence-corrected chi connectivity index (χ0v) is 25.9. The molecule has 0 unspecified atom stereocenters. The lowest BCUT2D eigenvalue weighted by Gasteiger charge is -2.24. The summed E-state index contributed by atoms with van der Waals surface area (Å²) in [4.78, 5) is 24.0. The highest BCUT2D eigenvalue weighted by Gasteiger charge is 2.24. The van der Waals surface area contributed by atoms with E-state index in [1.807, 2.05) is 22.8 Å². The Balaban J connectivity index is 1.26. The third-order valence-corrected chi connectivity index (χ3v) is 9.69. The van der Waals surface area contributed by atoms with E-state index in [1.165, 1.54) is 10.8 Å². The van der Waals surface area contributed by atoms with Gasteiger partial charge in [-0.05, 0) is 85.4 Å². The molecule has 0 saturated heterocycles. The van der Waals surface area contributed by atoms with Crippen molar-refractivity contribution in [2.24, 2.45) is 0 Å². The molecule has 48 heavy (non-hydrogen) atoms. The standard InChI is InChI=1S/C43H27N3O2/c47-41-18-17-34-35(32-15-13-26-7-1-3-9-28(26)19-32)23-36(33-16-14-27-8-2-4-10-29(27)20-33)43-42(34)46(41)24-39-40(25-48-43)45-38-22-31-12-6-5-11-30(31)21-37(38)44-39/h1-23H,24-25H2. The molecule has 10 rings (SSSR count). The maximum atomic E-state index is 13.9. The van der Waals surface area contributed by atoms with Crippen molar-refractivity contribution in [1.82, 2.24) is 14.5 Å². The second kappa shape index (κ2) is 10.3. The smallest absolute Gasteiger partial charge is 0.251 e. The van der Waals surface area contributed by atoms with Gasteiger partial charge in [0, 0.05) is 17.0 Å². The maximum absolute atomic E-state index is 13.9. The van der Waals surface area contributed by atoms with E-state index >= 15 is 0 Å². The molecular weight excluding hydrogens is 590 g/mol. The number of nitrogens with zero attached hydrogens (tertiary/aromatic N) is 3. The highest BCUT2D eigenvalue weighted by atomic mass is 16.5. The van der Waals surface area contributed by atoms with Gasteiger partial charge in [-0.3, -0.25) is 9.36 Å². The summed E-state index contributed by atoms with van der Waals surface area (Å²) >= 11 is 0. The molecule has 0 bridgehead atoms. The van der Waals surface area contributed by atoms with Gasteiger partial charge in [-0.2, -0.15) is 0 Å². The first-order chi connectivity index (χ1) is 23.7. The number of pyridine rings is 1. The Bertz CT molecular complexity index is 2850. The summed E-state index contributed by atoms with van der Waals surface area (Å²) in [6.45, 7) is 0.523. The minimum Gasteiger partial charge on any atom is -0.484 e. The van der Waals surface area contributed by atoms with E-state index in [1.54, 1.807) is 6.07 Å². The largest absolute Gasteiger partial charge is 0.484 e. The van der Waals surface area contributed by atoms with Crippen LogP contribution < -0.4 is 10.3 Å². The fraction of sp³-hybridized carbons (Fsp3) is 0.0465. The Kier molecular flexibility index (Phi) is 5.78. The number of aromatic nitrogens is 3. The summed E-state index contributed by atoms with van der Waals surface area (Å²) in [5, 5.41) is 7.81. The van der Waals surface area contributed by atoms with Gasteiger partial charge in [0.2, 0.25) is 0 Å². The third kappa shape index (κ3) is 4.21. The van der Waals surface area contributed by atoms with Crippen molar-refractivity contribution in [2.75, 3.05) is 0 Å². The van der Waals surface area contributed by atoms with Crippen molar-refractivity contribution in [2.45, 2.75) is 13.2 Å². The Morgan fingerprint density at radius 1 is 0.521 bits per heavy atom. The fourth-order valence-corrected chi connectivity index (χ4v) is 7.27. The van der Waals surface area contributed by atoms with Crippen molar-refractivity contribution in [3.8, 4) is 28.0 Å². The van der Waals surface area contributed by atoms with Gasteiger partial charge in [-0.1, -0.05) is 97.1 Å². The lowest BCUT2D eigenvalue weighted by atomic mass is 9.91. The van der Waals surface area contributed by atoms with Crippen LogP contribution in [0.2, 0.25) is 0 Å². The van der Waals surface area contributed by atoms with Crippen LogP contribution in [0, 0.1) is 0 Å². The predicted molar refractivity (Wildman–Crippen MR) is 195 cm³/mol. The third-order valence-electron chi connectivity index (χ3n) is 9.69. The summed E-state index contributed by atoms with van der Waals surface area (Å²) in [6.07, 6.45) is 0. The monoisotopic (exact) mass is 617 g/mol. The average Bonchev–Trinajstić information content (AvgIpc) is 3.12. The van der Waals surface area contributed by atoms with E-state index in [0.29, 0.717) is 5.75 Å². The molecule has 1 aliphatic heterocycles. The minimum absolute atomic E-state index is 0.110. The van der Waals surface area contributed by atoms with Crippen molar-refractivity contribution < 1.29 is 4.74 Å². The molecule has 3 heterocycles. The van der Waals surface area contributed by atoms with Crippen LogP contribution in [-0.4, -0.2) is 14.5 Å². The van der Waals surface area contributed by atoms with Gasteiger partial charge in [0.05, 0.1) is 28.8 Å². The Labute approximate surface area is 275 Å². The van der Waals surface area contributed by atoms with E-state index in [9.17, 15) is 4.79 Å². The first kappa shape index (κ1) is 26.8. The van der Waals surface area contributed by atoms with Crippen LogP contribution >= 0.6 is 0 Å². The number of benzene rings is 7. The zero-order chi connectivity index (χ0) is 31.8. The first-order valence-electron chi connectivity index (χ1n) is 16.2. The van der Waals surface area contributed by atoms with Gasteiger partial charge in [0.15, 0.2) is 5.75 Å². The Hall–Kier alpha value is -6.33. The van der Waals surface area contributed by atoms with Gasteiger partial charge in [0.1, 0.15) is 12.3 Å². The molecule has 0 N–H and O–H groups in total. The normalized spacial score (nSPS) is 12.7. The van der Waals surface area contributed by atoms with Crippen molar-refractivity contribution in [1.29, 1.82) is 0 Å². The number of hydrogen-bond donors (Lipinski definition) is 0. The molecule has 0 fully saturated rings. The summed E-state index contributed by atoms with van der Waals surface area (Å²) in [5.41, 5.74) is 7.80. The topological polar surface area (TPSA) is 57.0 Å². The average molecular weight is 618 g/mol. The van der Waals surface area contributed by atoms with E-state index in [-0.39, 0.29) is 18.7 Å². The second-order valence-corrected chi connectivity index (χ2v) is 12.5. The van der Waals surface area contributed by atoms with Gasteiger partial charge in [-0.25, -0.2) is 9.97 Å². The highest BCUT2D eigenvalue weighted by Crippen LogP contribution is 2.44. The van der Waals surface area contributed by atoms with Crippen LogP contribution in [-0.2, 0) is 13.2 Å². The van der Waals surface area contributed by atoms with Crippen LogP contribution in [0.25, 0.3) is 76.5 Å². The molecule has 226 valence electrons. The molecule has 0 spiro atoms. The summed E-state index contributed by atoms with van der Waals surface area (Å²) < 4.78 is 8.63. The van der Waals surface area contributed by atoms with Gasteiger partial charge >= 0.3 is 0 Å². The summed E-state index contributed by atoms with van der Waals surface area (Å²) in [6, 6.07) is 48.0. The van der Waals surface area contributed by atoms with Crippen molar-refractivity contribution >= 4 is 54.3 Å². The van der Waals surface area contributed by atoms with Gasteiger partial charge in [-0.15, -0.1) is 0 Å². The maximum Gasteiger partial charge on any atom is 0.251 e. The van der Waals surface area contributed by atoms with Crippen LogP contribution in [0.5, 0.6) is 5.75 Å². The lowest BCUT2D eigenvalue weighted by molar-refractivity contribution is 0.300. The molecule has 9 aromatic rings. The zero-order valence-electron chi connectivity index (χ0n) is 25.9. The number of fused-ring (bicyclic) bond motifs is 5. The van der Waals surface area contributed by atoms with Crippen LogP contribution in [0.1, 0.15) is 11.4 Å². The molecule has 7 aromatic carbocycles. The minimum atomic E-state index is -0.110. The van der Waals surface area contributed by atoms with Crippen LogP contribution in [0.4, 0.5) is 0 Å². The van der Waals surface area contributed by atoms with Gasteiger partial charge in [0.25, 0.3) is 5.56 Å². The fourth-order valence-electron chi connectivity index (χ4n) is 7.27. The molecule has 1 aliphatic rings. The number of rotatable bonds is 2. The summed E-state index contributed by atoms with van der Waals surface area (Å²) in [5.74, 6) is 0.675. The summed E-state index contributed by atoms with van der Waals surface area (Å²) in [7, 11) is 0. The first-order valence-corrected chi connectivity index (χ1v) is 16.2. The second-order valence-electron chi connectivity index (χ2n) is 12.5. The van der Waals surface area contributed by atoms with E-state index < -0.39 is 0 Å². The Morgan fingerprint density at radius 2 is 1.06 bits per heavy atom. The number of ether oxygens (including phenoxy) is 1.